The fourth-order valence-corrected chi connectivity index (χ4v) is 3.25. The predicted molar refractivity (Wildman–Crippen MR) is 103 cm³/mol. The molecule has 0 fully saturated rings. The topological polar surface area (TPSA) is 74.5 Å². The summed E-state index contributed by atoms with van der Waals surface area (Å²) in [5, 5.41) is 17.7. The van der Waals surface area contributed by atoms with Crippen LogP contribution in [0.4, 0.5) is 14.5 Å². The van der Waals surface area contributed by atoms with E-state index in [-0.39, 0.29) is 4.90 Å². The number of benzene rings is 2. The molecular formula is C18H15ClF2N4S. The molecule has 2 aromatic rings. The van der Waals surface area contributed by atoms with Gasteiger partial charge in [-0.15, -0.1) is 0 Å². The van der Waals surface area contributed by atoms with E-state index in [4.69, 9.17) is 17.3 Å². The lowest BCUT2D eigenvalue weighted by Gasteiger charge is -2.14. The second-order valence-corrected chi connectivity index (χ2v) is 6.74. The summed E-state index contributed by atoms with van der Waals surface area (Å²) in [4.78, 5) is 0.220. The van der Waals surface area contributed by atoms with Gasteiger partial charge in [-0.1, -0.05) is 23.4 Å². The minimum atomic E-state index is -0.687. The predicted octanol–water partition coefficient (Wildman–Crippen LogP) is 5.31. The summed E-state index contributed by atoms with van der Waals surface area (Å²) in [6, 6.07) is 8.73. The van der Waals surface area contributed by atoms with Gasteiger partial charge in [0.2, 0.25) is 0 Å². The van der Waals surface area contributed by atoms with Crippen molar-refractivity contribution >= 4 is 40.3 Å². The van der Waals surface area contributed by atoms with Crippen LogP contribution < -0.4 is 5.73 Å². The number of rotatable bonds is 5. The minimum absolute atomic E-state index is 0.220. The SMILES string of the molecule is C/C(=N\N=C\Sc1ccc(F)cc1F)C(C#N)c1c(C)cc(N)cc1Cl. The van der Waals surface area contributed by atoms with Gasteiger partial charge in [0, 0.05) is 21.7 Å². The summed E-state index contributed by atoms with van der Waals surface area (Å²) in [7, 11) is 0. The Kier molecular flexibility index (Phi) is 6.72. The number of nitrogens with zero attached hydrogens (tertiary/aromatic N) is 3. The molecule has 1 atom stereocenters. The van der Waals surface area contributed by atoms with Crippen molar-refractivity contribution in [2.45, 2.75) is 24.7 Å². The highest BCUT2D eigenvalue weighted by atomic mass is 35.5. The van der Waals surface area contributed by atoms with Crippen molar-refractivity contribution in [3.63, 3.8) is 0 Å². The van der Waals surface area contributed by atoms with Gasteiger partial charge in [0.1, 0.15) is 17.6 Å². The van der Waals surface area contributed by atoms with Gasteiger partial charge < -0.3 is 5.73 Å². The Labute approximate surface area is 159 Å². The van der Waals surface area contributed by atoms with Crippen LogP contribution >= 0.6 is 23.4 Å². The first-order valence-corrected chi connectivity index (χ1v) is 8.72. The molecule has 0 aromatic heterocycles. The van der Waals surface area contributed by atoms with Crippen molar-refractivity contribution in [1.29, 1.82) is 5.26 Å². The van der Waals surface area contributed by atoms with Crippen molar-refractivity contribution in [2.75, 3.05) is 5.73 Å². The standard InChI is InChI=1S/C18H15ClF2N4S/c1-10-5-13(23)7-15(19)18(10)14(8-22)11(2)25-24-9-26-17-4-3-12(20)6-16(17)21/h3-7,9,14H,23H2,1-2H3/b24-9+,25-11+. The number of nitrogen functional groups attached to an aromatic ring is 1. The summed E-state index contributed by atoms with van der Waals surface area (Å²) < 4.78 is 26.4. The number of halogens is 3. The number of aryl methyl sites for hydroxylation is 1. The molecule has 2 aromatic carbocycles. The van der Waals surface area contributed by atoms with Crippen molar-refractivity contribution in [3.8, 4) is 6.07 Å². The van der Waals surface area contributed by atoms with Gasteiger partial charge in [-0.2, -0.15) is 15.5 Å². The van der Waals surface area contributed by atoms with E-state index in [1.807, 2.05) is 6.92 Å². The molecule has 0 heterocycles. The van der Waals surface area contributed by atoms with Gasteiger partial charge in [-0.3, -0.25) is 0 Å². The highest BCUT2D eigenvalue weighted by Crippen LogP contribution is 2.31. The molecule has 0 radical (unpaired) electrons. The van der Waals surface area contributed by atoms with E-state index >= 15 is 0 Å². The summed E-state index contributed by atoms with van der Waals surface area (Å²) in [6.07, 6.45) is 0. The van der Waals surface area contributed by atoms with Crippen LogP contribution in [0.25, 0.3) is 0 Å². The lowest BCUT2D eigenvalue weighted by molar-refractivity contribution is 0.566. The Morgan fingerprint density at radius 1 is 1.35 bits per heavy atom. The molecule has 134 valence electrons. The number of nitriles is 1. The van der Waals surface area contributed by atoms with Crippen LogP contribution in [0.5, 0.6) is 0 Å². The molecular weight excluding hydrogens is 378 g/mol. The molecule has 2 rings (SSSR count). The zero-order chi connectivity index (χ0) is 19.3. The molecule has 4 nitrogen and oxygen atoms in total. The van der Waals surface area contributed by atoms with Gasteiger partial charge in [-0.25, -0.2) is 8.78 Å². The summed E-state index contributed by atoms with van der Waals surface area (Å²) in [5.41, 5.74) is 9.40. The van der Waals surface area contributed by atoms with Gasteiger partial charge in [0.05, 0.1) is 17.3 Å². The van der Waals surface area contributed by atoms with E-state index in [2.05, 4.69) is 16.3 Å². The van der Waals surface area contributed by atoms with E-state index in [0.717, 1.165) is 29.5 Å². The van der Waals surface area contributed by atoms with Crippen LogP contribution in [0.3, 0.4) is 0 Å². The van der Waals surface area contributed by atoms with Crippen molar-refractivity contribution in [1.82, 2.24) is 0 Å². The number of hydrogen-bond donors (Lipinski definition) is 1. The molecule has 26 heavy (non-hydrogen) atoms. The fourth-order valence-electron chi connectivity index (χ4n) is 2.34. The van der Waals surface area contributed by atoms with E-state index in [0.29, 0.717) is 22.0 Å². The number of hydrogen-bond acceptors (Lipinski definition) is 5. The maximum atomic E-state index is 13.5. The van der Waals surface area contributed by atoms with Gasteiger partial charge in [-0.05, 0) is 49.2 Å². The maximum Gasteiger partial charge on any atom is 0.140 e. The highest BCUT2D eigenvalue weighted by molar-refractivity contribution is 8.12. The maximum absolute atomic E-state index is 13.5. The van der Waals surface area contributed by atoms with Crippen LogP contribution in [-0.4, -0.2) is 11.3 Å². The van der Waals surface area contributed by atoms with Crippen LogP contribution in [0.1, 0.15) is 24.0 Å². The van der Waals surface area contributed by atoms with Crippen molar-refractivity contribution in [2.24, 2.45) is 10.2 Å². The molecule has 0 amide bonds. The molecule has 0 aliphatic rings. The third-order valence-corrected chi connectivity index (χ3v) is 4.63. The summed E-state index contributed by atoms with van der Waals surface area (Å²) in [6.45, 7) is 3.46. The Hall–Kier alpha value is -2.43. The molecule has 0 saturated carbocycles. The molecule has 0 saturated heterocycles. The second-order valence-electron chi connectivity index (χ2n) is 5.45. The quantitative estimate of drug-likeness (QED) is 0.246. The van der Waals surface area contributed by atoms with Crippen LogP contribution in [0, 0.1) is 29.9 Å². The van der Waals surface area contributed by atoms with E-state index < -0.39 is 17.6 Å². The van der Waals surface area contributed by atoms with Crippen molar-refractivity contribution < 1.29 is 8.78 Å². The third kappa shape index (κ3) is 4.81. The second kappa shape index (κ2) is 8.79. The molecule has 8 heteroatoms. The van der Waals surface area contributed by atoms with Crippen LogP contribution in [-0.2, 0) is 0 Å². The number of thioether (sulfide) groups is 1. The Morgan fingerprint density at radius 3 is 2.69 bits per heavy atom. The molecule has 0 bridgehead atoms. The van der Waals surface area contributed by atoms with Crippen molar-refractivity contribution in [3.05, 3.63) is 58.1 Å². The average molecular weight is 393 g/mol. The van der Waals surface area contributed by atoms with E-state index in [9.17, 15) is 14.0 Å². The first kappa shape index (κ1) is 19.9. The van der Waals surface area contributed by atoms with Crippen LogP contribution in [0.2, 0.25) is 5.02 Å². The lowest BCUT2D eigenvalue weighted by Crippen LogP contribution is -2.09. The normalized spacial score (nSPS) is 13.0. The van der Waals surface area contributed by atoms with Gasteiger partial charge in [0.15, 0.2) is 0 Å². The molecule has 0 aliphatic heterocycles. The molecule has 2 N–H and O–H groups in total. The van der Waals surface area contributed by atoms with E-state index in [1.54, 1.807) is 19.1 Å². The monoisotopic (exact) mass is 392 g/mol. The zero-order valence-corrected chi connectivity index (χ0v) is 15.6. The van der Waals surface area contributed by atoms with Gasteiger partial charge >= 0.3 is 0 Å². The summed E-state index contributed by atoms with van der Waals surface area (Å²) in [5.74, 6) is -2.01. The average Bonchev–Trinajstić information content (AvgIpc) is 2.56. The highest BCUT2D eigenvalue weighted by Gasteiger charge is 2.20. The minimum Gasteiger partial charge on any atom is -0.399 e. The number of anilines is 1. The molecule has 0 aliphatic carbocycles. The first-order valence-electron chi connectivity index (χ1n) is 7.46. The smallest absolute Gasteiger partial charge is 0.140 e. The molecule has 0 spiro atoms. The number of nitrogens with two attached hydrogens (primary N) is 1. The Morgan fingerprint density at radius 2 is 2.08 bits per heavy atom. The largest absolute Gasteiger partial charge is 0.399 e. The summed E-state index contributed by atoms with van der Waals surface area (Å²) >= 11 is 7.18. The zero-order valence-electron chi connectivity index (χ0n) is 14.0. The first-order chi connectivity index (χ1) is 12.3. The Bertz CT molecular complexity index is 899. The third-order valence-electron chi connectivity index (χ3n) is 3.53. The Balaban J connectivity index is 2.18. The fraction of sp³-hybridized carbons (Fsp3) is 0.167. The van der Waals surface area contributed by atoms with E-state index in [1.165, 1.54) is 11.6 Å². The van der Waals surface area contributed by atoms with Gasteiger partial charge in [0.25, 0.3) is 0 Å². The molecule has 1 unspecified atom stereocenters. The lowest BCUT2D eigenvalue weighted by atomic mass is 9.92. The van der Waals surface area contributed by atoms with Crippen LogP contribution in [0.15, 0.2) is 45.4 Å².